The molecule has 1 aromatic heterocycles. The maximum atomic E-state index is 13.0. The monoisotopic (exact) mass is 268 g/mol. The molecule has 0 fully saturated rings. The van der Waals surface area contributed by atoms with E-state index in [0.717, 1.165) is 12.1 Å². The van der Waals surface area contributed by atoms with Crippen LogP contribution in [-0.2, 0) is 13.1 Å². The number of anilines is 1. The molecular formula is C12H14F2N4O. The van der Waals surface area contributed by atoms with Crippen LogP contribution in [0.4, 0.5) is 14.5 Å². The van der Waals surface area contributed by atoms with Crippen molar-refractivity contribution in [2.75, 3.05) is 11.9 Å². The summed E-state index contributed by atoms with van der Waals surface area (Å²) in [5.41, 5.74) is 1.16. The topological polar surface area (TPSA) is 63.0 Å². The maximum Gasteiger partial charge on any atom is 0.160 e. The Morgan fingerprint density at radius 2 is 2.11 bits per heavy atom. The van der Waals surface area contributed by atoms with Gasteiger partial charge in [-0.15, -0.1) is 5.10 Å². The predicted octanol–water partition coefficient (Wildman–Crippen LogP) is 1.55. The number of aliphatic hydroxyl groups excluding tert-OH is 1. The number of nitrogens with one attached hydrogen (secondary N) is 1. The van der Waals surface area contributed by atoms with Gasteiger partial charge in [0.05, 0.1) is 12.7 Å². The van der Waals surface area contributed by atoms with Crippen LogP contribution in [0.5, 0.6) is 0 Å². The quantitative estimate of drug-likeness (QED) is 0.834. The first-order valence-electron chi connectivity index (χ1n) is 5.88. The highest BCUT2D eigenvalue weighted by Gasteiger charge is 2.04. The smallest absolute Gasteiger partial charge is 0.160 e. The zero-order valence-corrected chi connectivity index (χ0v) is 10.2. The number of aryl methyl sites for hydroxylation is 1. The van der Waals surface area contributed by atoms with Gasteiger partial charge in [0.1, 0.15) is 5.69 Å². The van der Waals surface area contributed by atoms with Gasteiger partial charge in [-0.25, -0.2) is 8.78 Å². The van der Waals surface area contributed by atoms with E-state index in [0.29, 0.717) is 30.9 Å². The van der Waals surface area contributed by atoms with E-state index in [1.54, 1.807) is 10.9 Å². The average molecular weight is 268 g/mol. The van der Waals surface area contributed by atoms with E-state index in [1.165, 1.54) is 6.07 Å². The van der Waals surface area contributed by atoms with Gasteiger partial charge in [0.2, 0.25) is 0 Å². The molecule has 0 spiro atoms. The minimum Gasteiger partial charge on any atom is -0.396 e. The normalized spacial score (nSPS) is 10.7. The number of halogens is 2. The van der Waals surface area contributed by atoms with Crippen molar-refractivity contribution in [1.82, 2.24) is 15.0 Å². The van der Waals surface area contributed by atoms with Crippen LogP contribution in [0.3, 0.4) is 0 Å². The Labute approximate surface area is 108 Å². The summed E-state index contributed by atoms with van der Waals surface area (Å²) in [6, 6.07) is 3.61. The van der Waals surface area contributed by atoms with Crippen LogP contribution in [0.1, 0.15) is 12.1 Å². The third kappa shape index (κ3) is 3.72. The van der Waals surface area contributed by atoms with Gasteiger partial charge in [-0.3, -0.25) is 4.68 Å². The summed E-state index contributed by atoms with van der Waals surface area (Å²) in [4.78, 5) is 0. The molecule has 0 amide bonds. The summed E-state index contributed by atoms with van der Waals surface area (Å²) >= 11 is 0. The molecule has 0 unspecified atom stereocenters. The Hall–Kier alpha value is -2.02. The van der Waals surface area contributed by atoms with Gasteiger partial charge in [0, 0.05) is 24.9 Å². The number of aliphatic hydroxyl groups is 1. The average Bonchev–Trinajstić information content (AvgIpc) is 2.86. The molecule has 0 bridgehead atoms. The second-order valence-electron chi connectivity index (χ2n) is 4.03. The lowest BCUT2D eigenvalue weighted by molar-refractivity contribution is 0.276. The third-order valence-corrected chi connectivity index (χ3v) is 2.52. The Morgan fingerprint density at radius 3 is 2.84 bits per heavy atom. The van der Waals surface area contributed by atoms with Crippen molar-refractivity contribution in [2.45, 2.75) is 19.5 Å². The Morgan fingerprint density at radius 1 is 1.26 bits per heavy atom. The molecule has 2 rings (SSSR count). The number of hydrogen-bond donors (Lipinski definition) is 2. The molecule has 0 saturated carbocycles. The number of hydrogen-bond acceptors (Lipinski definition) is 4. The van der Waals surface area contributed by atoms with Gasteiger partial charge < -0.3 is 10.4 Å². The number of rotatable bonds is 6. The molecule has 0 aliphatic heterocycles. The molecule has 19 heavy (non-hydrogen) atoms. The first kappa shape index (κ1) is 13.4. The van der Waals surface area contributed by atoms with Crippen molar-refractivity contribution >= 4 is 5.69 Å². The Kier molecular flexibility index (Phi) is 4.40. The van der Waals surface area contributed by atoms with Gasteiger partial charge in [-0.05, 0) is 18.6 Å². The van der Waals surface area contributed by atoms with Crippen LogP contribution in [0.15, 0.2) is 24.4 Å². The maximum absolute atomic E-state index is 13.0. The largest absolute Gasteiger partial charge is 0.396 e. The standard InChI is InChI=1S/C12H14F2N4O/c13-11-3-2-9(6-12(11)14)15-7-10-8-18(17-16-10)4-1-5-19/h2-3,6,8,15,19H,1,4-5,7H2. The molecule has 1 aromatic carbocycles. The fourth-order valence-corrected chi connectivity index (χ4v) is 1.56. The van der Waals surface area contributed by atoms with Crippen molar-refractivity contribution in [3.63, 3.8) is 0 Å². The molecule has 0 radical (unpaired) electrons. The van der Waals surface area contributed by atoms with Crippen molar-refractivity contribution in [1.29, 1.82) is 0 Å². The molecule has 0 aliphatic rings. The minimum absolute atomic E-state index is 0.0995. The first-order chi connectivity index (χ1) is 9.19. The molecular weight excluding hydrogens is 254 g/mol. The third-order valence-electron chi connectivity index (χ3n) is 2.52. The van der Waals surface area contributed by atoms with Crippen LogP contribution in [-0.4, -0.2) is 26.7 Å². The molecule has 0 saturated heterocycles. The zero-order chi connectivity index (χ0) is 13.7. The van der Waals surface area contributed by atoms with E-state index in [2.05, 4.69) is 15.6 Å². The number of nitrogens with zero attached hydrogens (tertiary/aromatic N) is 3. The summed E-state index contributed by atoms with van der Waals surface area (Å²) in [6.07, 6.45) is 2.35. The van der Waals surface area contributed by atoms with Crippen molar-refractivity contribution < 1.29 is 13.9 Å². The minimum atomic E-state index is -0.892. The number of aromatic nitrogens is 3. The van der Waals surface area contributed by atoms with Gasteiger partial charge in [-0.2, -0.15) is 0 Å². The Bertz CT molecular complexity index is 544. The molecule has 5 nitrogen and oxygen atoms in total. The highest BCUT2D eigenvalue weighted by molar-refractivity contribution is 5.43. The van der Waals surface area contributed by atoms with E-state index in [-0.39, 0.29) is 6.61 Å². The summed E-state index contributed by atoms with van der Waals surface area (Å²) in [5.74, 6) is -1.77. The first-order valence-corrected chi connectivity index (χ1v) is 5.88. The Balaban J connectivity index is 1.91. The molecule has 7 heteroatoms. The number of benzene rings is 1. The van der Waals surface area contributed by atoms with Crippen LogP contribution in [0.2, 0.25) is 0 Å². The summed E-state index contributed by atoms with van der Waals surface area (Å²) in [5, 5.41) is 19.4. The second-order valence-corrected chi connectivity index (χ2v) is 4.03. The summed E-state index contributed by atoms with van der Waals surface area (Å²) in [7, 11) is 0. The van der Waals surface area contributed by atoms with E-state index >= 15 is 0 Å². The van der Waals surface area contributed by atoms with Crippen molar-refractivity contribution in [3.05, 3.63) is 41.7 Å². The van der Waals surface area contributed by atoms with E-state index in [4.69, 9.17) is 5.11 Å². The van der Waals surface area contributed by atoms with Gasteiger partial charge in [-0.1, -0.05) is 5.21 Å². The fourth-order valence-electron chi connectivity index (χ4n) is 1.56. The highest BCUT2D eigenvalue weighted by atomic mass is 19.2. The summed E-state index contributed by atoms with van der Waals surface area (Å²) in [6.45, 7) is 1.06. The highest BCUT2D eigenvalue weighted by Crippen LogP contribution is 2.13. The molecule has 0 atom stereocenters. The molecule has 0 aliphatic carbocycles. The van der Waals surface area contributed by atoms with E-state index < -0.39 is 11.6 Å². The fraction of sp³-hybridized carbons (Fsp3) is 0.333. The molecule has 1 heterocycles. The van der Waals surface area contributed by atoms with Crippen molar-refractivity contribution in [3.8, 4) is 0 Å². The molecule has 102 valence electrons. The van der Waals surface area contributed by atoms with Crippen molar-refractivity contribution in [2.24, 2.45) is 0 Å². The predicted molar refractivity (Wildman–Crippen MR) is 65.4 cm³/mol. The lowest BCUT2D eigenvalue weighted by Crippen LogP contribution is -2.01. The van der Waals surface area contributed by atoms with Crippen LogP contribution in [0, 0.1) is 11.6 Å². The van der Waals surface area contributed by atoms with E-state index in [9.17, 15) is 8.78 Å². The second kappa shape index (κ2) is 6.24. The summed E-state index contributed by atoms with van der Waals surface area (Å²) < 4.78 is 27.3. The van der Waals surface area contributed by atoms with Gasteiger partial charge in [0.25, 0.3) is 0 Å². The zero-order valence-electron chi connectivity index (χ0n) is 10.2. The van der Waals surface area contributed by atoms with E-state index in [1.807, 2.05) is 0 Å². The lowest BCUT2D eigenvalue weighted by Gasteiger charge is -2.04. The molecule has 2 aromatic rings. The van der Waals surface area contributed by atoms with Gasteiger partial charge in [0.15, 0.2) is 11.6 Å². The van der Waals surface area contributed by atoms with Crippen LogP contribution < -0.4 is 5.32 Å². The SMILES string of the molecule is OCCCn1cc(CNc2ccc(F)c(F)c2)nn1. The van der Waals surface area contributed by atoms with Gasteiger partial charge >= 0.3 is 0 Å². The van der Waals surface area contributed by atoms with Crippen LogP contribution in [0.25, 0.3) is 0 Å². The lowest BCUT2D eigenvalue weighted by atomic mass is 10.3. The van der Waals surface area contributed by atoms with Crippen LogP contribution >= 0.6 is 0 Å². The molecule has 2 N–H and O–H groups in total.